The van der Waals surface area contributed by atoms with Crippen molar-refractivity contribution >= 4 is 11.4 Å². The van der Waals surface area contributed by atoms with Crippen molar-refractivity contribution in [3.63, 3.8) is 0 Å². The summed E-state index contributed by atoms with van der Waals surface area (Å²) in [5.74, 6) is 0. The van der Waals surface area contributed by atoms with Crippen LogP contribution in [0.4, 0.5) is 24.5 Å². The van der Waals surface area contributed by atoms with Gasteiger partial charge < -0.3 is 10.5 Å². The highest BCUT2D eigenvalue weighted by Gasteiger charge is 2.36. The van der Waals surface area contributed by atoms with E-state index in [9.17, 15) is 23.3 Å². The van der Waals surface area contributed by atoms with Gasteiger partial charge in [-0.1, -0.05) is 0 Å². The molecule has 0 saturated carbocycles. The van der Waals surface area contributed by atoms with E-state index in [0.29, 0.717) is 19.7 Å². The molecular weight excluding hydrogens is 303 g/mol. The molecule has 1 aliphatic rings. The lowest BCUT2D eigenvalue weighted by Crippen LogP contribution is -2.40. The molecule has 122 valence electrons. The van der Waals surface area contributed by atoms with Crippen molar-refractivity contribution in [3.05, 3.63) is 33.4 Å². The Morgan fingerprint density at radius 1 is 1.50 bits per heavy atom. The Morgan fingerprint density at radius 2 is 2.18 bits per heavy atom. The first-order chi connectivity index (χ1) is 10.2. The largest absolute Gasteiger partial charge is 0.418 e. The van der Waals surface area contributed by atoms with E-state index in [-0.39, 0.29) is 18.2 Å². The van der Waals surface area contributed by atoms with Crippen LogP contribution in [0.1, 0.15) is 18.1 Å². The van der Waals surface area contributed by atoms with E-state index in [0.717, 1.165) is 12.1 Å². The Morgan fingerprint density at radius 3 is 2.73 bits per heavy atom. The van der Waals surface area contributed by atoms with Crippen molar-refractivity contribution in [1.82, 2.24) is 4.90 Å². The topological polar surface area (TPSA) is 81.6 Å². The summed E-state index contributed by atoms with van der Waals surface area (Å²) in [6, 6.07) is 1.98. The van der Waals surface area contributed by atoms with Crippen LogP contribution < -0.4 is 5.73 Å². The monoisotopic (exact) mass is 319 g/mol. The number of anilines is 1. The number of nitrogens with two attached hydrogens (primary N) is 1. The highest BCUT2D eigenvalue weighted by molar-refractivity contribution is 5.65. The number of hydrogen-bond acceptors (Lipinski definition) is 5. The van der Waals surface area contributed by atoms with E-state index < -0.39 is 28.0 Å². The summed E-state index contributed by atoms with van der Waals surface area (Å²) in [6.07, 6.45) is -4.76. The van der Waals surface area contributed by atoms with Gasteiger partial charge in [-0.15, -0.1) is 0 Å². The normalized spacial score (nSPS) is 20.1. The Kier molecular flexibility index (Phi) is 4.57. The fourth-order valence-electron chi connectivity index (χ4n) is 2.47. The molecule has 0 bridgehead atoms. The number of halogens is 3. The van der Waals surface area contributed by atoms with Crippen LogP contribution in [0.25, 0.3) is 0 Å². The zero-order valence-electron chi connectivity index (χ0n) is 11.9. The lowest BCUT2D eigenvalue weighted by atomic mass is 10.1. The number of benzene rings is 1. The molecular formula is C13H16F3N3O3. The minimum Gasteiger partial charge on any atom is -0.393 e. The average molecular weight is 319 g/mol. The molecule has 1 aromatic rings. The number of alkyl halides is 3. The SMILES string of the molecule is CC1CN(Cc2cc([N+](=O)[O-])c(N)c(C(F)(F)F)c2)CCO1. The van der Waals surface area contributed by atoms with Crippen LogP contribution >= 0.6 is 0 Å². The molecule has 0 aliphatic carbocycles. The molecule has 1 atom stereocenters. The van der Waals surface area contributed by atoms with Crippen molar-refractivity contribution in [3.8, 4) is 0 Å². The predicted molar refractivity (Wildman–Crippen MR) is 73.2 cm³/mol. The first-order valence-corrected chi connectivity index (χ1v) is 6.66. The predicted octanol–water partition coefficient (Wildman–Crippen LogP) is 2.42. The van der Waals surface area contributed by atoms with E-state index in [2.05, 4.69) is 0 Å². The Hall–Kier alpha value is -1.87. The van der Waals surface area contributed by atoms with Crippen LogP contribution in [0.15, 0.2) is 12.1 Å². The maximum absolute atomic E-state index is 13.0. The summed E-state index contributed by atoms with van der Waals surface area (Å²) in [7, 11) is 0. The molecule has 0 amide bonds. The van der Waals surface area contributed by atoms with Gasteiger partial charge in [0, 0.05) is 25.7 Å². The van der Waals surface area contributed by atoms with Gasteiger partial charge >= 0.3 is 6.18 Å². The van der Waals surface area contributed by atoms with Crippen molar-refractivity contribution < 1.29 is 22.8 Å². The molecule has 0 spiro atoms. The van der Waals surface area contributed by atoms with Gasteiger partial charge in [0.2, 0.25) is 0 Å². The minimum absolute atomic E-state index is 0.0281. The number of nitro groups is 1. The zero-order chi connectivity index (χ0) is 16.5. The van der Waals surface area contributed by atoms with E-state index in [1.165, 1.54) is 0 Å². The number of morpholine rings is 1. The van der Waals surface area contributed by atoms with Crippen LogP contribution in [0.3, 0.4) is 0 Å². The van der Waals surface area contributed by atoms with Gasteiger partial charge in [-0.2, -0.15) is 13.2 Å². The second-order valence-electron chi connectivity index (χ2n) is 5.25. The van der Waals surface area contributed by atoms with Crippen LogP contribution in [-0.2, 0) is 17.5 Å². The van der Waals surface area contributed by atoms with Crippen molar-refractivity contribution in [2.24, 2.45) is 0 Å². The molecule has 1 saturated heterocycles. The Bertz CT molecular complexity index is 578. The fourth-order valence-corrected chi connectivity index (χ4v) is 2.47. The highest BCUT2D eigenvalue weighted by atomic mass is 19.4. The quantitative estimate of drug-likeness (QED) is 0.525. The van der Waals surface area contributed by atoms with E-state index in [1.54, 1.807) is 0 Å². The van der Waals surface area contributed by atoms with Crippen molar-refractivity contribution in [2.75, 3.05) is 25.4 Å². The molecule has 1 fully saturated rings. The van der Waals surface area contributed by atoms with E-state index in [4.69, 9.17) is 10.5 Å². The third kappa shape index (κ3) is 3.66. The maximum Gasteiger partial charge on any atom is 0.418 e. The van der Waals surface area contributed by atoms with Gasteiger partial charge in [-0.05, 0) is 18.6 Å². The lowest BCUT2D eigenvalue weighted by Gasteiger charge is -2.31. The number of hydrogen-bond donors (Lipinski definition) is 1. The molecule has 1 aliphatic heterocycles. The van der Waals surface area contributed by atoms with E-state index >= 15 is 0 Å². The third-order valence-corrected chi connectivity index (χ3v) is 3.45. The smallest absolute Gasteiger partial charge is 0.393 e. The molecule has 0 radical (unpaired) electrons. The molecule has 1 unspecified atom stereocenters. The number of nitro benzene ring substituents is 1. The maximum atomic E-state index is 13.0. The van der Waals surface area contributed by atoms with Gasteiger partial charge in [0.25, 0.3) is 5.69 Å². The summed E-state index contributed by atoms with van der Waals surface area (Å²) < 4.78 is 44.3. The molecule has 2 rings (SSSR count). The van der Waals surface area contributed by atoms with Crippen molar-refractivity contribution in [1.29, 1.82) is 0 Å². The van der Waals surface area contributed by atoms with Gasteiger partial charge in [0.05, 0.1) is 23.2 Å². The molecule has 9 heteroatoms. The number of ether oxygens (including phenoxy) is 1. The first kappa shape index (κ1) is 16.5. The van der Waals surface area contributed by atoms with Gasteiger partial charge in [-0.25, -0.2) is 0 Å². The number of rotatable bonds is 3. The molecule has 6 nitrogen and oxygen atoms in total. The fraction of sp³-hybridized carbons (Fsp3) is 0.538. The molecule has 22 heavy (non-hydrogen) atoms. The number of nitrogens with zero attached hydrogens (tertiary/aromatic N) is 2. The van der Waals surface area contributed by atoms with Crippen LogP contribution in [0.2, 0.25) is 0 Å². The molecule has 0 aromatic heterocycles. The number of nitrogen functional groups attached to an aromatic ring is 1. The summed E-state index contributed by atoms with van der Waals surface area (Å²) in [5.41, 5.74) is 2.77. The Balaban J connectivity index is 2.35. The summed E-state index contributed by atoms with van der Waals surface area (Å²) in [6.45, 7) is 3.63. The standard InChI is InChI=1S/C13H16F3N3O3/c1-8-6-18(2-3-22-8)7-9-4-10(13(14,15)16)12(17)11(5-9)19(20)21/h4-5,8H,2-3,6-7,17H2,1H3. The lowest BCUT2D eigenvalue weighted by molar-refractivity contribution is -0.384. The van der Waals surface area contributed by atoms with Crippen molar-refractivity contribution in [2.45, 2.75) is 25.7 Å². The van der Waals surface area contributed by atoms with E-state index in [1.807, 2.05) is 11.8 Å². The average Bonchev–Trinajstić information content (AvgIpc) is 2.39. The second kappa shape index (κ2) is 6.09. The van der Waals surface area contributed by atoms with Gasteiger partial charge in [-0.3, -0.25) is 15.0 Å². The first-order valence-electron chi connectivity index (χ1n) is 6.66. The van der Waals surface area contributed by atoms with Crippen LogP contribution in [0, 0.1) is 10.1 Å². The van der Waals surface area contributed by atoms with Crippen LogP contribution in [-0.4, -0.2) is 35.6 Å². The summed E-state index contributed by atoms with van der Waals surface area (Å²) >= 11 is 0. The highest BCUT2D eigenvalue weighted by Crippen LogP contribution is 2.39. The zero-order valence-corrected chi connectivity index (χ0v) is 11.9. The van der Waals surface area contributed by atoms with Gasteiger partial charge in [0.15, 0.2) is 0 Å². The molecule has 1 heterocycles. The second-order valence-corrected chi connectivity index (χ2v) is 5.25. The van der Waals surface area contributed by atoms with Crippen LogP contribution in [0.5, 0.6) is 0 Å². The Labute approximate surface area is 124 Å². The van der Waals surface area contributed by atoms with Gasteiger partial charge in [0.1, 0.15) is 5.69 Å². The molecule has 1 aromatic carbocycles. The molecule has 2 N–H and O–H groups in total. The summed E-state index contributed by atoms with van der Waals surface area (Å²) in [4.78, 5) is 11.9. The third-order valence-electron chi connectivity index (χ3n) is 3.45. The minimum atomic E-state index is -4.73. The summed E-state index contributed by atoms with van der Waals surface area (Å²) in [5, 5.41) is 10.9.